The number of carbonyl (C=O) groups is 1. The van der Waals surface area contributed by atoms with Crippen LogP contribution in [0.25, 0.3) is 0 Å². The minimum Gasteiger partial charge on any atom is -0.462 e. The zero-order chi connectivity index (χ0) is 24.2. The molecule has 0 radical (unpaired) electrons. The number of hydrogen-bond acceptors (Lipinski definition) is 2. The van der Waals surface area contributed by atoms with Crippen molar-refractivity contribution in [3.63, 3.8) is 0 Å². The highest BCUT2D eigenvalue weighted by molar-refractivity contribution is 6.33. The molecule has 2 nitrogen and oxygen atoms in total. The Morgan fingerprint density at radius 2 is 1.76 bits per heavy atom. The summed E-state index contributed by atoms with van der Waals surface area (Å²) in [5.41, 5.74) is 0.496. The third-order valence-corrected chi connectivity index (χ3v) is 12.7. The summed E-state index contributed by atoms with van der Waals surface area (Å²) in [5, 5.41) is -0.0476. The molecule has 0 spiro atoms. The minimum atomic E-state index is -0.468. The van der Waals surface area contributed by atoms with E-state index in [4.69, 9.17) is 27.9 Å². The first-order valence-electron chi connectivity index (χ1n) is 13.9. The van der Waals surface area contributed by atoms with Crippen LogP contribution in [0.5, 0.6) is 0 Å². The summed E-state index contributed by atoms with van der Waals surface area (Å²) in [7, 11) is 0. The van der Waals surface area contributed by atoms with Gasteiger partial charge in [0, 0.05) is 13.3 Å². The summed E-state index contributed by atoms with van der Waals surface area (Å²) in [6, 6.07) is 0. The van der Waals surface area contributed by atoms with Crippen LogP contribution in [0.15, 0.2) is 0 Å². The summed E-state index contributed by atoms with van der Waals surface area (Å²) in [5.74, 6) is 4.44. The number of fused-ring (bicyclic) bond motifs is 5. The molecule has 0 N–H and O–H groups in total. The molecule has 4 fully saturated rings. The second kappa shape index (κ2) is 9.49. The summed E-state index contributed by atoms with van der Waals surface area (Å²) < 4.78 is 5.63. The highest BCUT2D eigenvalue weighted by Crippen LogP contribution is 2.71. The fraction of sp³-hybridized carbons (Fsp3) is 0.966. The summed E-state index contributed by atoms with van der Waals surface area (Å²) >= 11 is 14.7. The van der Waals surface area contributed by atoms with Crippen LogP contribution in [-0.2, 0) is 9.53 Å². The molecule has 0 saturated heterocycles. The lowest BCUT2D eigenvalue weighted by Crippen LogP contribution is -2.65. The zero-order valence-corrected chi connectivity index (χ0v) is 23.5. The molecule has 0 unspecified atom stereocenters. The van der Waals surface area contributed by atoms with Gasteiger partial charge in [0.25, 0.3) is 0 Å². The Labute approximate surface area is 213 Å². The van der Waals surface area contributed by atoms with E-state index < -0.39 is 4.87 Å². The third-order valence-electron chi connectivity index (χ3n) is 11.2. The topological polar surface area (TPSA) is 26.3 Å². The van der Waals surface area contributed by atoms with Crippen LogP contribution in [0.1, 0.15) is 112 Å². The molecule has 4 aliphatic carbocycles. The van der Waals surface area contributed by atoms with Gasteiger partial charge < -0.3 is 4.74 Å². The quantitative estimate of drug-likeness (QED) is 0.270. The largest absolute Gasteiger partial charge is 0.462 e. The predicted octanol–water partition coefficient (Wildman–Crippen LogP) is 8.62. The van der Waals surface area contributed by atoms with E-state index in [1.165, 1.54) is 51.9 Å². The van der Waals surface area contributed by atoms with Crippen LogP contribution in [0.2, 0.25) is 0 Å². The van der Waals surface area contributed by atoms with Gasteiger partial charge in [0.2, 0.25) is 0 Å². The fourth-order valence-electron chi connectivity index (χ4n) is 9.51. The van der Waals surface area contributed by atoms with E-state index >= 15 is 0 Å². The van der Waals surface area contributed by atoms with Gasteiger partial charge in [-0.3, -0.25) is 4.79 Å². The second-order valence-electron chi connectivity index (χ2n) is 13.4. The van der Waals surface area contributed by atoms with Crippen molar-refractivity contribution >= 4 is 29.2 Å². The number of carbonyl (C=O) groups excluding carboxylic acids is 1. The molecule has 0 aromatic heterocycles. The van der Waals surface area contributed by atoms with E-state index in [-0.39, 0.29) is 22.9 Å². The fourth-order valence-corrected chi connectivity index (χ4v) is 10.5. The van der Waals surface area contributed by atoms with Crippen LogP contribution in [0.4, 0.5) is 0 Å². The van der Waals surface area contributed by atoms with E-state index in [2.05, 4.69) is 34.6 Å². The number of ether oxygens (including phenoxy) is 1. The maximum atomic E-state index is 11.6. The molecule has 10 atom stereocenters. The van der Waals surface area contributed by atoms with Crippen LogP contribution in [-0.4, -0.2) is 22.3 Å². The molecule has 4 aliphatic rings. The number of halogens is 2. The van der Waals surface area contributed by atoms with Gasteiger partial charge in [0.05, 0.1) is 10.3 Å². The van der Waals surface area contributed by atoms with Gasteiger partial charge >= 0.3 is 5.97 Å². The second-order valence-corrected chi connectivity index (χ2v) is 14.6. The number of hydrogen-bond donors (Lipinski definition) is 0. The molecule has 4 saturated carbocycles. The van der Waals surface area contributed by atoms with Gasteiger partial charge in [0.15, 0.2) is 0 Å². The Bertz CT molecular complexity index is 724. The van der Waals surface area contributed by atoms with Gasteiger partial charge in [-0.05, 0) is 91.3 Å². The Morgan fingerprint density at radius 1 is 1.03 bits per heavy atom. The molecule has 190 valence electrons. The zero-order valence-electron chi connectivity index (χ0n) is 22.0. The maximum absolute atomic E-state index is 11.6. The molecule has 0 heterocycles. The van der Waals surface area contributed by atoms with Crippen molar-refractivity contribution in [1.82, 2.24) is 0 Å². The van der Waals surface area contributed by atoms with Crippen LogP contribution < -0.4 is 0 Å². The Morgan fingerprint density at radius 3 is 2.42 bits per heavy atom. The Hall–Kier alpha value is 0.0500. The van der Waals surface area contributed by atoms with Crippen molar-refractivity contribution in [1.29, 1.82) is 0 Å². The van der Waals surface area contributed by atoms with Crippen molar-refractivity contribution in [3.8, 4) is 0 Å². The predicted molar refractivity (Wildman–Crippen MR) is 139 cm³/mol. The first kappa shape index (κ1) is 26.1. The lowest BCUT2D eigenvalue weighted by molar-refractivity contribution is -0.156. The molecule has 0 bridgehead atoms. The van der Waals surface area contributed by atoms with Crippen molar-refractivity contribution in [3.05, 3.63) is 0 Å². The number of esters is 1. The number of alkyl halides is 2. The van der Waals surface area contributed by atoms with Crippen molar-refractivity contribution in [2.45, 2.75) is 129 Å². The van der Waals surface area contributed by atoms with E-state index in [0.717, 1.165) is 42.9 Å². The maximum Gasteiger partial charge on any atom is 0.302 e. The van der Waals surface area contributed by atoms with Crippen molar-refractivity contribution in [2.75, 3.05) is 0 Å². The van der Waals surface area contributed by atoms with Gasteiger partial charge in [-0.15, -0.1) is 23.2 Å². The molecule has 0 aromatic carbocycles. The monoisotopic (exact) mass is 498 g/mol. The van der Waals surface area contributed by atoms with Gasteiger partial charge in [-0.25, -0.2) is 0 Å². The molecular weight excluding hydrogens is 451 g/mol. The van der Waals surface area contributed by atoms with E-state index in [9.17, 15) is 4.79 Å². The van der Waals surface area contributed by atoms with Crippen LogP contribution >= 0.6 is 23.2 Å². The molecule has 0 aromatic rings. The van der Waals surface area contributed by atoms with Crippen molar-refractivity contribution < 1.29 is 9.53 Å². The first-order chi connectivity index (χ1) is 15.4. The lowest BCUT2D eigenvalue weighted by atomic mass is 9.44. The highest BCUT2D eigenvalue weighted by Gasteiger charge is 2.67. The van der Waals surface area contributed by atoms with E-state index in [1.54, 1.807) is 0 Å². The molecule has 0 amide bonds. The lowest BCUT2D eigenvalue weighted by Gasteiger charge is -2.65. The summed E-state index contributed by atoms with van der Waals surface area (Å²) in [4.78, 5) is 11.1. The van der Waals surface area contributed by atoms with E-state index in [0.29, 0.717) is 23.7 Å². The SMILES string of the molecule is CC(=O)O[C@H]1CC[C@]2(C)[C@@H]3CC[C@]4(C)[C@@H]([C@@H](C)CCCC(C)C)CC[C@H]4[C@H]3C[C@H](Cl)[C@@]2(Cl)C1. The molecule has 0 aliphatic heterocycles. The van der Waals surface area contributed by atoms with Crippen LogP contribution in [0.3, 0.4) is 0 Å². The minimum absolute atomic E-state index is 0.0306. The summed E-state index contributed by atoms with van der Waals surface area (Å²) in [6.45, 7) is 13.8. The van der Waals surface area contributed by atoms with Crippen LogP contribution in [0, 0.1) is 46.3 Å². The summed E-state index contributed by atoms with van der Waals surface area (Å²) in [6.07, 6.45) is 13.2. The standard InChI is InChI=1S/C29H48Cl2O2/c1-18(2)8-7-9-19(3)23-10-11-24-22-16-26(30)29(31)17-21(33-20(4)32)12-15-28(29,6)25(22)13-14-27(23,24)5/h18-19,21-26H,7-17H2,1-6H3/t19-,21-,22+,23+,24-,25+,26-,27+,28+,29-/m0/s1. The molecule has 33 heavy (non-hydrogen) atoms. The van der Waals surface area contributed by atoms with Gasteiger partial charge in [-0.2, -0.15) is 0 Å². The molecule has 4 heteroatoms. The average Bonchev–Trinajstić information content (AvgIpc) is 3.07. The molecular formula is C29H48Cl2O2. The van der Waals surface area contributed by atoms with E-state index in [1.807, 2.05) is 0 Å². The third kappa shape index (κ3) is 4.41. The van der Waals surface area contributed by atoms with Gasteiger partial charge in [0.1, 0.15) is 6.10 Å². The molecule has 4 rings (SSSR count). The Balaban J connectivity index is 1.51. The number of rotatable bonds is 6. The van der Waals surface area contributed by atoms with Crippen molar-refractivity contribution in [2.24, 2.45) is 46.3 Å². The highest BCUT2D eigenvalue weighted by atomic mass is 35.5. The Kier molecular flexibility index (Phi) is 7.52. The first-order valence-corrected chi connectivity index (χ1v) is 14.7. The normalized spacial score (nSPS) is 48.0. The van der Waals surface area contributed by atoms with Gasteiger partial charge in [-0.1, -0.05) is 53.9 Å². The average molecular weight is 500 g/mol. The smallest absolute Gasteiger partial charge is 0.302 e.